The van der Waals surface area contributed by atoms with E-state index in [1.54, 1.807) is 0 Å². The topological polar surface area (TPSA) is 58.4 Å². The number of amides is 1. The summed E-state index contributed by atoms with van der Waals surface area (Å²) in [5, 5.41) is 2.90. The molecule has 5 heteroatoms. The van der Waals surface area contributed by atoms with Gasteiger partial charge in [0.05, 0.1) is 0 Å². The number of nitrogens with zero attached hydrogens (tertiary/aromatic N) is 1. The summed E-state index contributed by atoms with van der Waals surface area (Å²) >= 11 is 4.90. The average Bonchev–Trinajstić information content (AvgIpc) is 3.29. The summed E-state index contributed by atoms with van der Waals surface area (Å²) in [6.45, 7) is 3.03. The zero-order valence-electron chi connectivity index (χ0n) is 12.6. The van der Waals surface area contributed by atoms with Crippen LogP contribution in [-0.2, 0) is 4.79 Å². The van der Waals surface area contributed by atoms with Gasteiger partial charge in [0.25, 0.3) is 0 Å². The molecule has 1 aromatic rings. The first-order valence-electron chi connectivity index (χ1n) is 7.37. The van der Waals surface area contributed by atoms with Crippen molar-refractivity contribution in [2.75, 3.05) is 18.9 Å². The second-order valence-electron chi connectivity index (χ2n) is 5.80. The lowest BCUT2D eigenvalue weighted by atomic mass is 10.2. The lowest BCUT2D eigenvalue weighted by molar-refractivity contribution is -0.116. The van der Waals surface area contributed by atoms with Gasteiger partial charge in [-0.25, -0.2) is 0 Å². The van der Waals surface area contributed by atoms with Crippen LogP contribution in [0.2, 0.25) is 0 Å². The van der Waals surface area contributed by atoms with Crippen LogP contribution in [0.25, 0.3) is 0 Å². The van der Waals surface area contributed by atoms with Crippen LogP contribution in [0.15, 0.2) is 24.3 Å². The van der Waals surface area contributed by atoms with Crippen molar-refractivity contribution in [1.82, 2.24) is 4.90 Å². The fourth-order valence-corrected chi connectivity index (χ4v) is 2.50. The molecular weight excluding hydrogens is 282 g/mol. The average molecular weight is 305 g/mol. The van der Waals surface area contributed by atoms with E-state index >= 15 is 0 Å². The van der Waals surface area contributed by atoms with Crippen LogP contribution in [0, 0.1) is 5.92 Å². The van der Waals surface area contributed by atoms with Gasteiger partial charge in [-0.2, -0.15) is 0 Å². The number of carbonyl (C=O) groups excluding carboxylic acids is 1. The molecule has 1 amide bonds. The summed E-state index contributed by atoms with van der Waals surface area (Å²) in [5.74, 6) is 0.860. The van der Waals surface area contributed by atoms with Gasteiger partial charge in [-0.3, -0.25) is 4.79 Å². The summed E-state index contributed by atoms with van der Waals surface area (Å²) in [5.41, 5.74) is 7.12. The third-order valence-corrected chi connectivity index (χ3v) is 4.38. The smallest absolute Gasteiger partial charge is 0.225 e. The Morgan fingerprint density at radius 1 is 1.43 bits per heavy atom. The predicted molar refractivity (Wildman–Crippen MR) is 90.4 cm³/mol. The Balaban J connectivity index is 1.77. The summed E-state index contributed by atoms with van der Waals surface area (Å²) < 4.78 is 0. The minimum atomic E-state index is 0.0351. The molecular formula is C16H23N3OS. The molecule has 1 unspecified atom stereocenters. The lowest BCUT2D eigenvalue weighted by Gasteiger charge is -2.24. The Labute approximate surface area is 131 Å². The van der Waals surface area contributed by atoms with Gasteiger partial charge in [0.2, 0.25) is 5.91 Å². The highest BCUT2D eigenvalue weighted by Crippen LogP contribution is 2.34. The van der Waals surface area contributed by atoms with Crippen molar-refractivity contribution in [1.29, 1.82) is 0 Å². The van der Waals surface area contributed by atoms with Gasteiger partial charge in [0.15, 0.2) is 0 Å². The molecule has 1 aliphatic rings. The monoisotopic (exact) mass is 305 g/mol. The number of hydrogen-bond donors (Lipinski definition) is 2. The third-order valence-electron chi connectivity index (χ3n) is 4.14. The van der Waals surface area contributed by atoms with Gasteiger partial charge in [0.1, 0.15) is 4.99 Å². The highest BCUT2D eigenvalue weighted by atomic mass is 32.1. The van der Waals surface area contributed by atoms with Crippen LogP contribution in [0.5, 0.6) is 0 Å². The predicted octanol–water partition coefficient (Wildman–Crippen LogP) is 2.38. The van der Waals surface area contributed by atoms with Crippen molar-refractivity contribution in [3.8, 4) is 0 Å². The standard InChI is InChI=1S/C16H23N3OS/c1-11(12-3-4-12)19(2)10-9-15(20)18-14-7-5-13(6-8-14)16(17)21/h5-8,11-12H,3-4,9-10H2,1-2H3,(H2,17,21)(H,18,20). The first-order valence-corrected chi connectivity index (χ1v) is 7.78. The Morgan fingerprint density at radius 2 is 2.05 bits per heavy atom. The number of hydrogen-bond acceptors (Lipinski definition) is 3. The van der Waals surface area contributed by atoms with Crippen molar-refractivity contribution < 1.29 is 4.79 Å². The van der Waals surface area contributed by atoms with E-state index in [2.05, 4.69) is 24.2 Å². The van der Waals surface area contributed by atoms with E-state index in [4.69, 9.17) is 18.0 Å². The molecule has 1 aliphatic carbocycles. The molecule has 0 radical (unpaired) electrons. The van der Waals surface area contributed by atoms with Crippen LogP contribution >= 0.6 is 12.2 Å². The lowest BCUT2D eigenvalue weighted by Crippen LogP contribution is -2.33. The number of anilines is 1. The van der Waals surface area contributed by atoms with Crippen molar-refractivity contribution in [2.24, 2.45) is 11.7 Å². The van der Waals surface area contributed by atoms with E-state index in [0.717, 1.165) is 23.7 Å². The number of rotatable bonds is 7. The van der Waals surface area contributed by atoms with Gasteiger partial charge in [-0.15, -0.1) is 0 Å². The van der Waals surface area contributed by atoms with Crippen molar-refractivity contribution in [3.05, 3.63) is 29.8 Å². The van der Waals surface area contributed by atoms with E-state index < -0.39 is 0 Å². The normalized spacial score (nSPS) is 15.8. The molecule has 4 nitrogen and oxygen atoms in total. The molecule has 3 N–H and O–H groups in total. The first kappa shape index (κ1) is 15.9. The van der Waals surface area contributed by atoms with Crippen LogP contribution in [0.1, 0.15) is 31.7 Å². The van der Waals surface area contributed by atoms with Gasteiger partial charge in [0, 0.05) is 30.3 Å². The molecule has 114 valence electrons. The molecule has 21 heavy (non-hydrogen) atoms. The van der Waals surface area contributed by atoms with Crippen LogP contribution in [0.3, 0.4) is 0 Å². The maximum absolute atomic E-state index is 12.0. The van der Waals surface area contributed by atoms with Gasteiger partial charge in [-0.1, -0.05) is 12.2 Å². The second kappa shape index (κ2) is 7.00. The molecule has 1 aromatic carbocycles. The van der Waals surface area contributed by atoms with E-state index in [0.29, 0.717) is 17.5 Å². The van der Waals surface area contributed by atoms with E-state index in [9.17, 15) is 4.79 Å². The van der Waals surface area contributed by atoms with Crippen LogP contribution in [-0.4, -0.2) is 35.4 Å². The van der Waals surface area contributed by atoms with E-state index in [1.807, 2.05) is 24.3 Å². The van der Waals surface area contributed by atoms with Gasteiger partial charge in [-0.05, 0) is 57.0 Å². The Hall–Kier alpha value is -1.46. The maximum atomic E-state index is 12.0. The Kier molecular flexibility index (Phi) is 5.31. The summed E-state index contributed by atoms with van der Waals surface area (Å²) in [7, 11) is 2.09. The zero-order valence-corrected chi connectivity index (χ0v) is 13.5. The highest BCUT2D eigenvalue weighted by molar-refractivity contribution is 7.80. The number of benzene rings is 1. The fourth-order valence-electron chi connectivity index (χ4n) is 2.36. The van der Waals surface area contributed by atoms with E-state index in [-0.39, 0.29) is 5.91 Å². The maximum Gasteiger partial charge on any atom is 0.225 e. The molecule has 0 spiro atoms. The van der Waals surface area contributed by atoms with Crippen LogP contribution in [0.4, 0.5) is 5.69 Å². The fraction of sp³-hybridized carbons (Fsp3) is 0.500. The summed E-state index contributed by atoms with van der Waals surface area (Å²) in [6.07, 6.45) is 3.16. The van der Waals surface area contributed by atoms with E-state index in [1.165, 1.54) is 12.8 Å². The summed E-state index contributed by atoms with van der Waals surface area (Å²) in [4.78, 5) is 14.6. The Morgan fingerprint density at radius 3 is 2.57 bits per heavy atom. The van der Waals surface area contributed by atoms with Crippen molar-refractivity contribution >= 4 is 28.8 Å². The van der Waals surface area contributed by atoms with Crippen molar-refractivity contribution in [2.45, 2.75) is 32.2 Å². The number of nitrogens with one attached hydrogen (secondary N) is 1. The largest absolute Gasteiger partial charge is 0.389 e. The molecule has 0 bridgehead atoms. The molecule has 0 aromatic heterocycles. The highest BCUT2D eigenvalue weighted by Gasteiger charge is 2.30. The molecule has 0 aliphatic heterocycles. The number of carbonyl (C=O) groups is 1. The Bertz CT molecular complexity index is 511. The minimum absolute atomic E-state index is 0.0351. The number of thiocarbonyl (C=S) groups is 1. The quantitative estimate of drug-likeness (QED) is 0.759. The van der Waals surface area contributed by atoms with Gasteiger partial charge >= 0.3 is 0 Å². The summed E-state index contributed by atoms with van der Waals surface area (Å²) in [6, 6.07) is 7.85. The zero-order chi connectivity index (χ0) is 15.4. The first-order chi connectivity index (χ1) is 9.97. The molecule has 2 rings (SSSR count). The molecule has 1 fully saturated rings. The SMILES string of the molecule is CC(C1CC1)N(C)CCC(=O)Nc1ccc(C(N)=S)cc1. The molecule has 0 saturated heterocycles. The van der Waals surface area contributed by atoms with Gasteiger partial charge < -0.3 is 16.0 Å². The second-order valence-corrected chi connectivity index (χ2v) is 6.24. The van der Waals surface area contributed by atoms with Crippen molar-refractivity contribution in [3.63, 3.8) is 0 Å². The molecule has 1 saturated carbocycles. The molecule has 1 atom stereocenters. The minimum Gasteiger partial charge on any atom is -0.389 e. The third kappa shape index (κ3) is 4.79. The molecule has 0 heterocycles. The number of nitrogens with two attached hydrogens (primary N) is 1. The van der Waals surface area contributed by atoms with Crippen LogP contribution < -0.4 is 11.1 Å².